The summed E-state index contributed by atoms with van der Waals surface area (Å²) in [6, 6.07) is 4.23. The molecule has 1 aromatic rings. The molecule has 0 radical (unpaired) electrons. The molecule has 20 heavy (non-hydrogen) atoms. The molecule has 1 saturated heterocycles. The van der Waals surface area contributed by atoms with Gasteiger partial charge in [-0.1, -0.05) is 0 Å². The van der Waals surface area contributed by atoms with Gasteiger partial charge in [-0.2, -0.15) is 4.31 Å². The third kappa shape index (κ3) is 2.99. The lowest BCUT2D eigenvalue weighted by molar-refractivity contribution is -0.0516. The normalized spacial score (nSPS) is 24.8. The minimum absolute atomic E-state index is 0.141. The van der Waals surface area contributed by atoms with Gasteiger partial charge in [0, 0.05) is 22.7 Å². The highest BCUT2D eigenvalue weighted by molar-refractivity contribution is 9.10. The predicted octanol–water partition coefficient (Wildman–Crippen LogP) is 0.802. The van der Waals surface area contributed by atoms with Gasteiger partial charge in [-0.05, 0) is 41.1 Å². The largest absolute Gasteiger partial charge is 0.398 e. The second kappa shape index (κ2) is 5.98. The number of morpholine rings is 1. The molecule has 6 nitrogen and oxygen atoms in total. The van der Waals surface area contributed by atoms with Crippen molar-refractivity contribution in [1.29, 1.82) is 0 Å². The maximum absolute atomic E-state index is 12.6. The van der Waals surface area contributed by atoms with E-state index in [-0.39, 0.29) is 30.7 Å². The average molecular weight is 365 g/mol. The number of hydrogen-bond donors (Lipinski definition) is 2. The molecule has 112 valence electrons. The van der Waals surface area contributed by atoms with E-state index in [0.29, 0.717) is 10.2 Å². The first-order valence-corrected chi connectivity index (χ1v) is 8.39. The molecule has 0 bridgehead atoms. The van der Waals surface area contributed by atoms with Crippen molar-refractivity contribution >= 4 is 31.6 Å². The van der Waals surface area contributed by atoms with Gasteiger partial charge in [0.15, 0.2) is 0 Å². The number of anilines is 1. The number of hydrogen-bond acceptors (Lipinski definition) is 5. The van der Waals surface area contributed by atoms with E-state index < -0.39 is 16.1 Å². The number of aliphatic hydroxyl groups excluding tert-OH is 1. The maximum atomic E-state index is 12.6. The number of ether oxygens (including phenoxy) is 1. The van der Waals surface area contributed by atoms with E-state index in [0.717, 1.165) is 0 Å². The molecule has 1 fully saturated rings. The fraction of sp³-hybridized carbons (Fsp3) is 0.500. The summed E-state index contributed by atoms with van der Waals surface area (Å²) in [5.41, 5.74) is 6.15. The highest BCUT2D eigenvalue weighted by Crippen LogP contribution is 2.27. The molecule has 0 amide bonds. The van der Waals surface area contributed by atoms with Gasteiger partial charge in [0.05, 0.1) is 24.2 Å². The number of nitrogens with two attached hydrogens (primary N) is 1. The van der Waals surface area contributed by atoms with Gasteiger partial charge < -0.3 is 15.6 Å². The van der Waals surface area contributed by atoms with Crippen LogP contribution in [-0.4, -0.2) is 49.7 Å². The van der Waals surface area contributed by atoms with E-state index in [1.54, 1.807) is 13.0 Å². The number of aliphatic hydroxyl groups is 1. The van der Waals surface area contributed by atoms with Gasteiger partial charge in [-0.25, -0.2) is 8.42 Å². The standard InChI is InChI=1S/C12H17BrN2O4S/c1-8-7-19-9(6-16)5-15(8)20(17,18)10-2-3-12(14)11(13)4-10/h2-4,8-9,16H,5-7,14H2,1H3. The molecule has 0 saturated carbocycles. The van der Waals surface area contributed by atoms with Gasteiger partial charge >= 0.3 is 0 Å². The van der Waals surface area contributed by atoms with Crippen LogP contribution in [0.1, 0.15) is 6.92 Å². The highest BCUT2D eigenvalue weighted by Gasteiger charge is 2.35. The van der Waals surface area contributed by atoms with Crippen molar-refractivity contribution in [3.63, 3.8) is 0 Å². The lowest BCUT2D eigenvalue weighted by Gasteiger charge is -2.36. The van der Waals surface area contributed by atoms with E-state index in [9.17, 15) is 8.42 Å². The summed E-state index contributed by atoms with van der Waals surface area (Å²) in [6.07, 6.45) is -0.488. The first-order valence-electron chi connectivity index (χ1n) is 6.15. The van der Waals surface area contributed by atoms with Gasteiger partial charge in [0.25, 0.3) is 0 Å². The smallest absolute Gasteiger partial charge is 0.243 e. The zero-order chi connectivity index (χ0) is 14.9. The van der Waals surface area contributed by atoms with Crippen LogP contribution in [0.25, 0.3) is 0 Å². The third-order valence-corrected chi connectivity index (χ3v) is 5.89. The van der Waals surface area contributed by atoms with Crippen LogP contribution in [0.5, 0.6) is 0 Å². The number of sulfonamides is 1. The van der Waals surface area contributed by atoms with E-state index in [2.05, 4.69) is 15.9 Å². The van der Waals surface area contributed by atoms with Crippen molar-refractivity contribution in [2.75, 3.05) is 25.5 Å². The number of nitrogen functional groups attached to an aromatic ring is 1. The summed E-state index contributed by atoms with van der Waals surface area (Å²) in [5.74, 6) is 0. The summed E-state index contributed by atoms with van der Waals surface area (Å²) in [5, 5.41) is 9.14. The van der Waals surface area contributed by atoms with Crippen molar-refractivity contribution in [3.05, 3.63) is 22.7 Å². The Kier molecular flexibility index (Phi) is 4.70. The van der Waals surface area contributed by atoms with Crippen molar-refractivity contribution < 1.29 is 18.3 Å². The zero-order valence-electron chi connectivity index (χ0n) is 11.0. The maximum Gasteiger partial charge on any atom is 0.243 e. The lowest BCUT2D eigenvalue weighted by atomic mass is 10.2. The SMILES string of the molecule is CC1COC(CO)CN1S(=O)(=O)c1ccc(N)c(Br)c1. The Labute approximate surface area is 126 Å². The minimum atomic E-state index is -3.64. The van der Waals surface area contributed by atoms with Crippen molar-refractivity contribution in [2.24, 2.45) is 0 Å². The van der Waals surface area contributed by atoms with Crippen molar-refractivity contribution in [1.82, 2.24) is 4.31 Å². The van der Waals surface area contributed by atoms with E-state index >= 15 is 0 Å². The molecule has 3 N–H and O–H groups in total. The molecule has 2 rings (SSSR count). The Bertz CT molecular complexity index is 593. The average Bonchev–Trinajstić information content (AvgIpc) is 2.42. The topological polar surface area (TPSA) is 92.9 Å². The molecule has 0 spiro atoms. The third-order valence-electron chi connectivity index (χ3n) is 3.23. The van der Waals surface area contributed by atoms with Crippen LogP contribution >= 0.6 is 15.9 Å². The first kappa shape index (κ1) is 15.7. The van der Waals surface area contributed by atoms with Crippen LogP contribution in [0.2, 0.25) is 0 Å². The number of rotatable bonds is 3. The van der Waals surface area contributed by atoms with Gasteiger partial charge in [-0.15, -0.1) is 0 Å². The molecule has 0 aromatic heterocycles. The van der Waals surface area contributed by atoms with Crippen molar-refractivity contribution in [3.8, 4) is 0 Å². The second-order valence-electron chi connectivity index (χ2n) is 4.74. The summed E-state index contributed by atoms with van der Waals surface area (Å²) in [6.45, 7) is 1.98. The molecular formula is C12H17BrN2O4S. The Hall–Kier alpha value is -0.670. The zero-order valence-corrected chi connectivity index (χ0v) is 13.4. The quantitative estimate of drug-likeness (QED) is 0.773. The monoisotopic (exact) mass is 364 g/mol. The van der Waals surface area contributed by atoms with Crippen LogP contribution in [0, 0.1) is 0 Å². The van der Waals surface area contributed by atoms with E-state index in [1.165, 1.54) is 16.4 Å². The van der Waals surface area contributed by atoms with Gasteiger partial charge in [0.1, 0.15) is 0 Å². The van der Waals surface area contributed by atoms with Gasteiger partial charge in [0.2, 0.25) is 10.0 Å². The molecule has 1 aromatic carbocycles. The number of halogens is 1. The van der Waals surface area contributed by atoms with Gasteiger partial charge in [-0.3, -0.25) is 0 Å². The molecule has 1 aliphatic heterocycles. The van der Waals surface area contributed by atoms with Crippen LogP contribution in [-0.2, 0) is 14.8 Å². The Balaban J connectivity index is 2.35. The summed E-state index contributed by atoms with van der Waals surface area (Å²) < 4.78 is 32.6. The fourth-order valence-electron chi connectivity index (χ4n) is 2.04. The lowest BCUT2D eigenvalue weighted by Crippen LogP contribution is -2.51. The highest BCUT2D eigenvalue weighted by atomic mass is 79.9. The molecule has 2 unspecified atom stereocenters. The van der Waals surface area contributed by atoms with Crippen LogP contribution < -0.4 is 5.73 Å². The second-order valence-corrected chi connectivity index (χ2v) is 7.49. The first-order chi connectivity index (χ1) is 9.36. The van der Waals surface area contributed by atoms with E-state index in [4.69, 9.17) is 15.6 Å². The van der Waals surface area contributed by atoms with Crippen LogP contribution in [0.3, 0.4) is 0 Å². The Morgan fingerprint density at radius 2 is 2.25 bits per heavy atom. The molecule has 2 atom stereocenters. The van der Waals surface area contributed by atoms with Crippen LogP contribution in [0.15, 0.2) is 27.6 Å². The molecule has 1 heterocycles. The Morgan fingerprint density at radius 1 is 1.55 bits per heavy atom. The van der Waals surface area contributed by atoms with E-state index in [1.807, 2.05) is 0 Å². The summed E-state index contributed by atoms with van der Waals surface area (Å²) in [7, 11) is -3.64. The molecule has 1 aliphatic rings. The molecular weight excluding hydrogens is 348 g/mol. The molecule has 8 heteroatoms. The predicted molar refractivity (Wildman–Crippen MR) is 78.7 cm³/mol. The fourth-order valence-corrected chi connectivity index (χ4v) is 4.25. The summed E-state index contributed by atoms with van der Waals surface area (Å²) in [4.78, 5) is 0.170. The van der Waals surface area contributed by atoms with Crippen molar-refractivity contribution in [2.45, 2.75) is 24.0 Å². The summed E-state index contributed by atoms with van der Waals surface area (Å²) >= 11 is 3.23. The molecule has 0 aliphatic carbocycles. The number of benzene rings is 1. The van der Waals surface area contributed by atoms with Crippen LogP contribution in [0.4, 0.5) is 5.69 Å². The Morgan fingerprint density at radius 3 is 2.85 bits per heavy atom. The minimum Gasteiger partial charge on any atom is -0.398 e. The number of nitrogens with zero attached hydrogens (tertiary/aromatic N) is 1.